The van der Waals surface area contributed by atoms with E-state index in [4.69, 9.17) is 11.6 Å². The molecular formula is C34H26ClF2N5O5. The molecule has 2 heterocycles. The van der Waals surface area contributed by atoms with Crippen LogP contribution >= 0.6 is 11.6 Å². The Bertz CT molecular complexity index is 2110. The number of carboxylic acids is 1. The summed E-state index contributed by atoms with van der Waals surface area (Å²) in [5.74, 6) is -4.79. The molecule has 47 heavy (non-hydrogen) atoms. The molecule has 0 saturated carbocycles. The number of rotatable bonds is 9. The number of carbonyl (C=O) groups is 4. The molecule has 13 heteroatoms. The van der Waals surface area contributed by atoms with Gasteiger partial charge in [0.1, 0.15) is 17.0 Å². The molecule has 0 radical (unpaired) electrons. The van der Waals surface area contributed by atoms with E-state index in [-0.39, 0.29) is 41.0 Å². The second kappa shape index (κ2) is 12.7. The van der Waals surface area contributed by atoms with Crippen LogP contribution in [0, 0.1) is 18.6 Å². The Morgan fingerprint density at radius 1 is 1.00 bits per heavy atom. The van der Waals surface area contributed by atoms with Crippen LogP contribution in [0.3, 0.4) is 0 Å². The van der Waals surface area contributed by atoms with E-state index in [9.17, 15) is 33.1 Å². The van der Waals surface area contributed by atoms with Gasteiger partial charge in [0.2, 0.25) is 0 Å². The maximum absolute atomic E-state index is 13.8. The number of anilines is 1. The van der Waals surface area contributed by atoms with E-state index in [0.717, 1.165) is 23.3 Å². The summed E-state index contributed by atoms with van der Waals surface area (Å²) in [7, 11) is 0. The minimum Gasteiger partial charge on any atom is -0.478 e. The van der Waals surface area contributed by atoms with Gasteiger partial charge >= 0.3 is 5.97 Å². The van der Waals surface area contributed by atoms with Gasteiger partial charge in [0.25, 0.3) is 11.8 Å². The highest BCUT2D eigenvalue weighted by molar-refractivity contribution is 6.31. The third kappa shape index (κ3) is 6.32. The number of aromatic carboxylic acids is 1. The summed E-state index contributed by atoms with van der Waals surface area (Å²) in [5.41, 5.74) is 2.99. The largest absolute Gasteiger partial charge is 0.478 e. The monoisotopic (exact) mass is 657 g/mol. The Hall–Kier alpha value is -5.49. The van der Waals surface area contributed by atoms with E-state index < -0.39 is 41.2 Å². The maximum Gasteiger partial charge on any atom is 0.335 e. The van der Waals surface area contributed by atoms with Crippen molar-refractivity contribution in [2.75, 3.05) is 5.32 Å². The van der Waals surface area contributed by atoms with Crippen LogP contribution in [0.4, 0.5) is 14.5 Å². The molecular weight excluding hydrogens is 632 g/mol. The van der Waals surface area contributed by atoms with E-state index in [2.05, 4.69) is 20.7 Å². The van der Waals surface area contributed by atoms with Crippen LogP contribution in [0.5, 0.6) is 0 Å². The molecule has 6 rings (SSSR count). The maximum atomic E-state index is 13.8. The number of hydrogen-bond donors (Lipinski definition) is 3. The molecule has 0 aliphatic heterocycles. The van der Waals surface area contributed by atoms with Gasteiger partial charge in [-0.05, 0) is 90.9 Å². The van der Waals surface area contributed by atoms with Crippen LogP contribution in [0.25, 0.3) is 5.65 Å². The molecule has 1 atom stereocenters. The minimum atomic E-state index is -1.04. The fourth-order valence-corrected chi connectivity index (χ4v) is 5.96. The SMILES string of the molecule is Cc1c(C(=O)O)ccc2c1CC[C@H]2NC(=O)c1cc(C(=O)CCc2ccc(F)c(F)c2)nc2c(C(=O)Nc3cccc(Cl)c3)cnn12. The summed E-state index contributed by atoms with van der Waals surface area (Å²) in [5, 5.41) is 19.8. The van der Waals surface area contributed by atoms with Gasteiger partial charge < -0.3 is 15.7 Å². The molecule has 10 nitrogen and oxygen atoms in total. The van der Waals surface area contributed by atoms with Gasteiger partial charge in [-0.1, -0.05) is 29.8 Å². The first kappa shape index (κ1) is 31.5. The van der Waals surface area contributed by atoms with Crippen LogP contribution < -0.4 is 10.6 Å². The zero-order chi connectivity index (χ0) is 33.4. The van der Waals surface area contributed by atoms with Gasteiger partial charge in [-0.2, -0.15) is 5.10 Å². The number of nitrogens with one attached hydrogen (secondary N) is 2. The molecule has 0 saturated heterocycles. The van der Waals surface area contributed by atoms with E-state index in [0.29, 0.717) is 34.7 Å². The lowest BCUT2D eigenvalue weighted by Gasteiger charge is -2.16. The number of benzene rings is 3. The topological polar surface area (TPSA) is 143 Å². The van der Waals surface area contributed by atoms with Crippen molar-refractivity contribution in [2.24, 2.45) is 0 Å². The van der Waals surface area contributed by atoms with Crippen molar-refractivity contribution in [3.05, 3.63) is 128 Å². The Labute approximate surface area is 271 Å². The van der Waals surface area contributed by atoms with Gasteiger partial charge in [-0.15, -0.1) is 0 Å². The average Bonchev–Trinajstić information content (AvgIpc) is 3.66. The second-order valence-electron chi connectivity index (χ2n) is 11.1. The third-order valence-electron chi connectivity index (χ3n) is 8.17. The highest BCUT2D eigenvalue weighted by atomic mass is 35.5. The van der Waals surface area contributed by atoms with Gasteiger partial charge in [-0.3, -0.25) is 14.4 Å². The summed E-state index contributed by atoms with van der Waals surface area (Å²) >= 11 is 6.05. The summed E-state index contributed by atoms with van der Waals surface area (Å²) < 4.78 is 28.3. The van der Waals surface area contributed by atoms with Crippen molar-refractivity contribution in [1.29, 1.82) is 0 Å². The summed E-state index contributed by atoms with van der Waals surface area (Å²) in [6, 6.07) is 13.9. The molecule has 1 aliphatic carbocycles. The normalized spacial score (nSPS) is 13.7. The standard InChI is InChI=1S/C34H26ClF2N5O5/c1-17-21-9-11-27(23(21)8-7-22(17)34(46)47)41-33(45)29-15-28(30(43)12-6-18-5-10-25(36)26(37)13-18)40-31-24(16-38-42(29)31)32(44)39-20-4-2-3-19(35)14-20/h2-5,7-8,10,13-16,27H,6,9,11-12H2,1H3,(H,39,44)(H,41,45)(H,46,47)/t27-/m1/s1. The number of aromatic nitrogens is 3. The first-order valence-corrected chi connectivity index (χ1v) is 15.0. The molecule has 238 valence electrons. The lowest BCUT2D eigenvalue weighted by molar-refractivity contribution is 0.0695. The fraction of sp³-hybridized carbons (Fsp3) is 0.176. The second-order valence-corrected chi connectivity index (χ2v) is 11.6. The van der Waals surface area contributed by atoms with Crippen molar-refractivity contribution < 1.29 is 33.1 Å². The molecule has 0 fully saturated rings. The number of amides is 2. The van der Waals surface area contributed by atoms with E-state index in [1.807, 2.05) is 0 Å². The molecule has 2 amide bonds. The number of carbonyl (C=O) groups excluding carboxylic acids is 3. The zero-order valence-corrected chi connectivity index (χ0v) is 25.6. The van der Waals surface area contributed by atoms with Crippen molar-refractivity contribution in [1.82, 2.24) is 19.9 Å². The molecule has 0 spiro atoms. The van der Waals surface area contributed by atoms with Crippen molar-refractivity contribution >= 4 is 46.5 Å². The number of carboxylic acid groups (broad SMARTS) is 1. The number of halogens is 3. The van der Waals surface area contributed by atoms with E-state index >= 15 is 0 Å². The first-order valence-electron chi connectivity index (χ1n) is 14.6. The predicted octanol–water partition coefficient (Wildman–Crippen LogP) is 6.15. The van der Waals surface area contributed by atoms with Crippen LogP contribution in [0.15, 0.2) is 66.9 Å². The van der Waals surface area contributed by atoms with Crippen molar-refractivity contribution in [3.63, 3.8) is 0 Å². The number of ketones is 1. The smallest absolute Gasteiger partial charge is 0.335 e. The van der Waals surface area contributed by atoms with Crippen LogP contribution in [-0.2, 0) is 12.8 Å². The summed E-state index contributed by atoms with van der Waals surface area (Å²) in [6.07, 6.45) is 2.24. The van der Waals surface area contributed by atoms with Crippen LogP contribution in [-0.4, -0.2) is 43.3 Å². The lowest BCUT2D eigenvalue weighted by atomic mass is 9.98. The number of hydrogen-bond acceptors (Lipinski definition) is 6. The molecule has 0 unspecified atom stereocenters. The minimum absolute atomic E-state index is 0.0164. The molecule has 0 bridgehead atoms. The summed E-state index contributed by atoms with van der Waals surface area (Å²) in [4.78, 5) is 56.6. The Balaban J connectivity index is 1.34. The fourth-order valence-electron chi connectivity index (χ4n) is 5.77. The van der Waals surface area contributed by atoms with Gasteiger partial charge in [-0.25, -0.2) is 23.1 Å². The van der Waals surface area contributed by atoms with Crippen LogP contribution in [0.1, 0.15) is 82.8 Å². The van der Waals surface area contributed by atoms with E-state index in [1.54, 1.807) is 37.3 Å². The predicted molar refractivity (Wildman–Crippen MR) is 168 cm³/mol. The first-order chi connectivity index (χ1) is 22.5. The average molecular weight is 658 g/mol. The Morgan fingerprint density at radius 2 is 1.81 bits per heavy atom. The molecule has 1 aliphatic rings. The number of fused-ring (bicyclic) bond motifs is 2. The Morgan fingerprint density at radius 3 is 2.55 bits per heavy atom. The number of Topliss-reactive ketones (excluding diaryl/α,β-unsaturated/α-hetero) is 1. The van der Waals surface area contributed by atoms with Crippen molar-refractivity contribution in [3.8, 4) is 0 Å². The molecule has 5 aromatic rings. The van der Waals surface area contributed by atoms with Gasteiger partial charge in [0.15, 0.2) is 23.1 Å². The lowest BCUT2D eigenvalue weighted by Crippen LogP contribution is -2.29. The highest BCUT2D eigenvalue weighted by Crippen LogP contribution is 2.35. The quantitative estimate of drug-likeness (QED) is 0.161. The Kier molecular flexibility index (Phi) is 8.52. The molecule has 3 N–H and O–H groups in total. The summed E-state index contributed by atoms with van der Waals surface area (Å²) in [6.45, 7) is 1.73. The van der Waals surface area contributed by atoms with Crippen LogP contribution in [0.2, 0.25) is 5.02 Å². The van der Waals surface area contributed by atoms with Gasteiger partial charge in [0, 0.05) is 17.1 Å². The number of nitrogens with zero attached hydrogens (tertiary/aromatic N) is 3. The van der Waals surface area contributed by atoms with Crippen molar-refractivity contribution in [2.45, 2.75) is 38.6 Å². The molecule has 3 aromatic carbocycles. The zero-order valence-electron chi connectivity index (χ0n) is 24.8. The van der Waals surface area contributed by atoms with E-state index in [1.165, 1.54) is 28.9 Å². The molecule has 2 aromatic heterocycles. The highest BCUT2D eigenvalue weighted by Gasteiger charge is 2.29. The third-order valence-corrected chi connectivity index (χ3v) is 8.41. The van der Waals surface area contributed by atoms with Gasteiger partial charge in [0.05, 0.1) is 17.8 Å². The number of aryl methyl sites for hydroxylation is 1.